The molecule has 84 valence electrons. The number of ether oxygens (including phenoxy) is 2. The third kappa shape index (κ3) is 3.20. The molecule has 0 fully saturated rings. The Labute approximate surface area is 90.8 Å². The smallest absolute Gasteiger partial charge is 0.339 e. The molecule has 15 heavy (non-hydrogen) atoms. The lowest BCUT2D eigenvalue weighted by atomic mass is 9.96. The first-order chi connectivity index (χ1) is 7.19. The van der Waals surface area contributed by atoms with E-state index in [2.05, 4.69) is 18.2 Å². The minimum absolute atomic E-state index is 0.0806. The van der Waals surface area contributed by atoms with Crippen molar-refractivity contribution in [2.75, 3.05) is 7.11 Å². The van der Waals surface area contributed by atoms with E-state index in [1.54, 1.807) is 6.08 Å². The SMILES string of the molecule is C=CCC[C@H]1O[C@H](C(=O)OC)C=C[C@H]1C. The molecule has 1 heterocycles. The first kappa shape index (κ1) is 12.0. The van der Waals surface area contributed by atoms with Gasteiger partial charge in [-0.25, -0.2) is 4.79 Å². The maximum atomic E-state index is 11.3. The van der Waals surface area contributed by atoms with Crippen LogP contribution in [0.2, 0.25) is 0 Å². The third-order valence-electron chi connectivity index (χ3n) is 2.59. The Hall–Kier alpha value is -1.09. The molecule has 1 aliphatic heterocycles. The standard InChI is InChI=1S/C12H18O3/c1-4-5-6-10-9(2)7-8-11(15-10)12(13)14-3/h4,7-11H,1,5-6H2,2-3H3/t9-,10-,11+/m1/s1. The van der Waals surface area contributed by atoms with Gasteiger partial charge in [0.05, 0.1) is 13.2 Å². The maximum absolute atomic E-state index is 11.3. The topological polar surface area (TPSA) is 35.5 Å². The van der Waals surface area contributed by atoms with E-state index in [0.29, 0.717) is 5.92 Å². The molecule has 0 N–H and O–H groups in total. The van der Waals surface area contributed by atoms with Crippen LogP contribution in [-0.4, -0.2) is 25.3 Å². The van der Waals surface area contributed by atoms with Crippen LogP contribution in [0.25, 0.3) is 0 Å². The van der Waals surface area contributed by atoms with Crippen LogP contribution in [0.5, 0.6) is 0 Å². The van der Waals surface area contributed by atoms with E-state index in [9.17, 15) is 4.79 Å². The predicted octanol–water partition coefficient (Wildman–Crippen LogP) is 2.09. The molecule has 0 aromatic heterocycles. The van der Waals surface area contributed by atoms with Gasteiger partial charge in [0.15, 0.2) is 6.10 Å². The Morgan fingerprint density at radius 3 is 2.93 bits per heavy atom. The summed E-state index contributed by atoms with van der Waals surface area (Å²) in [7, 11) is 1.37. The molecule has 3 atom stereocenters. The molecule has 3 nitrogen and oxygen atoms in total. The molecule has 0 spiro atoms. The molecule has 3 heteroatoms. The summed E-state index contributed by atoms with van der Waals surface area (Å²) in [5.41, 5.74) is 0. The Balaban J connectivity index is 2.57. The lowest BCUT2D eigenvalue weighted by molar-refractivity contribution is -0.156. The first-order valence-corrected chi connectivity index (χ1v) is 5.21. The first-order valence-electron chi connectivity index (χ1n) is 5.21. The number of rotatable bonds is 4. The fourth-order valence-corrected chi connectivity index (χ4v) is 1.62. The summed E-state index contributed by atoms with van der Waals surface area (Å²) < 4.78 is 10.3. The highest BCUT2D eigenvalue weighted by atomic mass is 16.6. The van der Waals surface area contributed by atoms with Gasteiger partial charge in [-0.1, -0.05) is 19.1 Å². The molecule has 1 aliphatic rings. The van der Waals surface area contributed by atoms with Gasteiger partial charge < -0.3 is 9.47 Å². The Morgan fingerprint density at radius 1 is 1.60 bits per heavy atom. The van der Waals surface area contributed by atoms with Crippen molar-refractivity contribution in [2.45, 2.75) is 32.0 Å². The normalized spacial score (nSPS) is 29.9. The molecule has 0 aromatic rings. The van der Waals surface area contributed by atoms with Crippen molar-refractivity contribution in [1.82, 2.24) is 0 Å². The lowest BCUT2D eigenvalue weighted by Gasteiger charge is -2.29. The number of allylic oxidation sites excluding steroid dienone is 1. The van der Waals surface area contributed by atoms with Crippen molar-refractivity contribution in [3.8, 4) is 0 Å². The second-order valence-electron chi connectivity index (χ2n) is 3.73. The second-order valence-corrected chi connectivity index (χ2v) is 3.73. The van der Waals surface area contributed by atoms with Crippen LogP contribution >= 0.6 is 0 Å². The van der Waals surface area contributed by atoms with Gasteiger partial charge in [0.2, 0.25) is 0 Å². The van der Waals surface area contributed by atoms with Crippen molar-refractivity contribution in [3.05, 3.63) is 24.8 Å². The molecule has 0 bridgehead atoms. The van der Waals surface area contributed by atoms with E-state index in [1.807, 2.05) is 12.2 Å². The van der Waals surface area contributed by atoms with Crippen molar-refractivity contribution in [1.29, 1.82) is 0 Å². The predicted molar refractivity (Wildman–Crippen MR) is 58.4 cm³/mol. The molecule has 0 saturated heterocycles. The highest BCUT2D eigenvalue weighted by Crippen LogP contribution is 2.22. The number of esters is 1. The third-order valence-corrected chi connectivity index (χ3v) is 2.59. The maximum Gasteiger partial charge on any atom is 0.339 e. The molecule has 0 aliphatic carbocycles. The number of hydrogen-bond acceptors (Lipinski definition) is 3. The largest absolute Gasteiger partial charge is 0.467 e. The van der Waals surface area contributed by atoms with Gasteiger partial charge in [0.1, 0.15) is 0 Å². The van der Waals surface area contributed by atoms with Crippen LogP contribution < -0.4 is 0 Å². The van der Waals surface area contributed by atoms with Crippen LogP contribution in [0.15, 0.2) is 24.8 Å². The number of methoxy groups -OCH3 is 1. The summed E-state index contributed by atoms with van der Waals surface area (Å²) in [6, 6.07) is 0. The number of hydrogen-bond donors (Lipinski definition) is 0. The Kier molecular flexibility index (Phi) is 4.56. The zero-order valence-corrected chi connectivity index (χ0v) is 9.31. The van der Waals surface area contributed by atoms with Gasteiger partial charge in [0.25, 0.3) is 0 Å². The molecular formula is C12H18O3. The molecule has 0 amide bonds. The summed E-state index contributed by atoms with van der Waals surface area (Å²) in [4.78, 5) is 11.3. The van der Waals surface area contributed by atoms with Gasteiger partial charge >= 0.3 is 5.97 Å². The zero-order chi connectivity index (χ0) is 11.3. The summed E-state index contributed by atoms with van der Waals surface area (Å²) in [6.07, 6.45) is 6.97. The van der Waals surface area contributed by atoms with E-state index in [4.69, 9.17) is 4.74 Å². The lowest BCUT2D eigenvalue weighted by Crippen LogP contribution is -2.35. The molecule has 0 unspecified atom stereocenters. The van der Waals surface area contributed by atoms with Gasteiger partial charge in [0, 0.05) is 5.92 Å². The van der Waals surface area contributed by atoms with Crippen LogP contribution in [0.1, 0.15) is 19.8 Å². The summed E-state index contributed by atoms with van der Waals surface area (Å²) in [5.74, 6) is 0.00705. The average molecular weight is 210 g/mol. The van der Waals surface area contributed by atoms with E-state index in [0.717, 1.165) is 12.8 Å². The van der Waals surface area contributed by atoms with E-state index in [-0.39, 0.29) is 12.1 Å². The highest BCUT2D eigenvalue weighted by molar-refractivity contribution is 5.76. The van der Waals surface area contributed by atoms with Gasteiger partial charge in [-0.3, -0.25) is 0 Å². The molecule has 0 radical (unpaired) electrons. The van der Waals surface area contributed by atoms with E-state index >= 15 is 0 Å². The monoisotopic (exact) mass is 210 g/mol. The molecule has 1 rings (SSSR count). The van der Waals surface area contributed by atoms with Crippen molar-refractivity contribution < 1.29 is 14.3 Å². The highest BCUT2D eigenvalue weighted by Gasteiger charge is 2.28. The zero-order valence-electron chi connectivity index (χ0n) is 9.31. The van der Waals surface area contributed by atoms with Crippen molar-refractivity contribution >= 4 is 5.97 Å². The summed E-state index contributed by atoms with van der Waals surface area (Å²) in [6.45, 7) is 5.76. The number of carbonyl (C=O) groups is 1. The summed E-state index contributed by atoms with van der Waals surface area (Å²) in [5, 5.41) is 0. The molecule has 0 aromatic carbocycles. The minimum atomic E-state index is -0.541. The average Bonchev–Trinajstić information content (AvgIpc) is 2.27. The van der Waals surface area contributed by atoms with Crippen LogP contribution in [0, 0.1) is 5.92 Å². The van der Waals surface area contributed by atoms with Gasteiger partial charge in [-0.2, -0.15) is 0 Å². The van der Waals surface area contributed by atoms with Crippen LogP contribution in [-0.2, 0) is 14.3 Å². The quantitative estimate of drug-likeness (QED) is 0.526. The second kappa shape index (κ2) is 5.71. The van der Waals surface area contributed by atoms with Crippen molar-refractivity contribution in [2.24, 2.45) is 5.92 Å². The van der Waals surface area contributed by atoms with Crippen LogP contribution in [0.3, 0.4) is 0 Å². The van der Waals surface area contributed by atoms with Crippen LogP contribution in [0.4, 0.5) is 0 Å². The Bertz CT molecular complexity index is 258. The molecule has 0 saturated carbocycles. The van der Waals surface area contributed by atoms with Crippen molar-refractivity contribution in [3.63, 3.8) is 0 Å². The molecular weight excluding hydrogens is 192 g/mol. The minimum Gasteiger partial charge on any atom is -0.467 e. The van der Waals surface area contributed by atoms with Gasteiger partial charge in [-0.15, -0.1) is 6.58 Å². The van der Waals surface area contributed by atoms with Gasteiger partial charge in [-0.05, 0) is 18.9 Å². The van der Waals surface area contributed by atoms with E-state index < -0.39 is 6.10 Å². The summed E-state index contributed by atoms with van der Waals surface area (Å²) >= 11 is 0. The van der Waals surface area contributed by atoms with E-state index in [1.165, 1.54) is 7.11 Å². The number of carbonyl (C=O) groups excluding carboxylic acids is 1. The fraction of sp³-hybridized carbons (Fsp3) is 0.583. The fourth-order valence-electron chi connectivity index (χ4n) is 1.62. The Morgan fingerprint density at radius 2 is 2.33 bits per heavy atom.